The quantitative estimate of drug-likeness (QED) is 0.762. The minimum Gasteiger partial charge on any atom is -0.325 e. The van der Waals surface area contributed by atoms with Crippen LogP contribution in [-0.4, -0.2) is 25.7 Å². The molecule has 0 spiro atoms. The van der Waals surface area contributed by atoms with Crippen molar-refractivity contribution >= 4 is 34.2 Å². The lowest BCUT2D eigenvalue weighted by molar-refractivity contribution is -0.116. The van der Waals surface area contributed by atoms with Crippen LogP contribution in [0.3, 0.4) is 0 Å². The van der Waals surface area contributed by atoms with Crippen LogP contribution in [0.2, 0.25) is 5.02 Å². The minimum atomic E-state index is -0.459. The second-order valence-corrected chi connectivity index (χ2v) is 7.13. The molecule has 1 aliphatic carbocycles. The first-order valence-electron chi connectivity index (χ1n) is 8.51. The molecule has 5 rings (SSSR count). The maximum atomic E-state index is 12.6. The third-order valence-electron chi connectivity index (χ3n) is 5.18. The Morgan fingerprint density at radius 2 is 2.04 bits per heavy atom. The summed E-state index contributed by atoms with van der Waals surface area (Å²) in [5.74, 6) is -0.551. The number of hydrogen-bond donors (Lipinski definition) is 1. The first-order chi connectivity index (χ1) is 12.2. The number of carbonyl (C=O) groups excluding carboxylic acids is 1. The smallest absolute Gasteiger partial charge is 0.238 e. The molecule has 6 nitrogen and oxygen atoms in total. The normalized spacial score (nSPS) is 20.2. The number of aromatic nitrogens is 4. The largest absolute Gasteiger partial charge is 0.325 e. The van der Waals surface area contributed by atoms with Crippen molar-refractivity contribution in [2.75, 3.05) is 5.32 Å². The molecule has 2 aromatic heterocycles. The SMILES string of the molecule is O=C1Nc2cc(Cl)ccc2C1c1ncnc2nn(C3CCCC3)cc12. The number of anilines is 1. The minimum absolute atomic E-state index is 0.0918. The number of carbonyl (C=O) groups is 1. The summed E-state index contributed by atoms with van der Waals surface area (Å²) in [6.07, 6.45) is 8.24. The van der Waals surface area contributed by atoms with Gasteiger partial charge in [-0.15, -0.1) is 0 Å². The average Bonchev–Trinajstić information content (AvgIpc) is 3.31. The first kappa shape index (κ1) is 14.8. The van der Waals surface area contributed by atoms with E-state index in [1.807, 2.05) is 16.9 Å². The summed E-state index contributed by atoms with van der Waals surface area (Å²) in [4.78, 5) is 21.4. The van der Waals surface area contributed by atoms with Crippen LogP contribution in [0.1, 0.15) is 48.9 Å². The fraction of sp³-hybridized carbons (Fsp3) is 0.333. The van der Waals surface area contributed by atoms with Crippen molar-refractivity contribution in [2.24, 2.45) is 0 Å². The van der Waals surface area contributed by atoms with Crippen molar-refractivity contribution in [2.45, 2.75) is 37.6 Å². The van der Waals surface area contributed by atoms with Crippen LogP contribution < -0.4 is 5.32 Å². The molecule has 0 bridgehead atoms. The van der Waals surface area contributed by atoms with Crippen LogP contribution in [0.15, 0.2) is 30.7 Å². The lowest BCUT2D eigenvalue weighted by atomic mass is 9.95. The summed E-state index contributed by atoms with van der Waals surface area (Å²) < 4.78 is 2.01. The highest BCUT2D eigenvalue weighted by atomic mass is 35.5. The summed E-state index contributed by atoms with van der Waals surface area (Å²) in [6, 6.07) is 5.88. The number of rotatable bonds is 2. The van der Waals surface area contributed by atoms with Crippen molar-refractivity contribution in [3.05, 3.63) is 47.0 Å². The van der Waals surface area contributed by atoms with E-state index in [1.54, 1.807) is 12.1 Å². The van der Waals surface area contributed by atoms with Crippen molar-refractivity contribution in [1.82, 2.24) is 19.7 Å². The summed E-state index contributed by atoms with van der Waals surface area (Å²) >= 11 is 6.05. The molecular formula is C18H16ClN5O. The summed E-state index contributed by atoms with van der Waals surface area (Å²) in [6.45, 7) is 0. The number of halogens is 1. The third-order valence-corrected chi connectivity index (χ3v) is 5.42. The summed E-state index contributed by atoms with van der Waals surface area (Å²) in [7, 11) is 0. The van der Waals surface area contributed by atoms with E-state index in [0.29, 0.717) is 22.4 Å². The molecule has 1 amide bonds. The zero-order valence-electron chi connectivity index (χ0n) is 13.4. The van der Waals surface area contributed by atoms with Gasteiger partial charge in [-0.2, -0.15) is 5.10 Å². The molecule has 1 N–H and O–H groups in total. The predicted molar refractivity (Wildman–Crippen MR) is 94.8 cm³/mol. The third kappa shape index (κ3) is 2.32. The van der Waals surface area contributed by atoms with E-state index < -0.39 is 5.92 Å². The standard InChI is InChI=1S/C18H16ClN5O/c19-10-5-6-12-14(7-10)22-18(25)15(12)16-13-8-24(11-3-1-2-4-11)23-17(13)21-9-20-16/h5-9,11,15H,1-4H2,(H,22,25). The number of hydrogen-bond acceptors (Lipinski definition) is 4. The topological polar surface area (TPSA) is 72.7 Å². The van der Waals surface area contributed by atoms with E-state index in [4.69, 9.17) is 11.6 Å². The maximum Gasteiger partial charge on any atom is 0.238 e. The molecule has 1 atom stereocenters. The van der Waals surface area contributed by atoms with Crippen molar-refractivity contribution in [1.29, 1.82) is 0 Å². The molecule has 126 valence electrons. The van der Waals surface area contributed by atoms with Crippen LogP contribution in [0.5, 0.6) is 0 Å². The van der Waals surface area contributed by atoms with Crippen molar-refractivity contribution in [3.8, 4) is 0 Å². The van der Waals surface area contributed by atoms with E-state index in [9.17, 15) is 4.79 Å². The molecule has 2 aliphatic rings. The van der Waals surface area contributed by atoms with Crippen LogP contribution in [-0.2, 0) is 4.79 Å². The lowest BCUT2D eigenvalue weighted by Gasteiger charge is -2.09. The van der Waals surface area contributed by atoms with Crippen LogP contribution >= 0.6 is 11.6 Å². The van der Waals surface area contributed by atoms with Crippen LogP contribution in [0.4, 0.5) is 5.69 Å². The monoisotopic (exact) mass is 353 g/mol. The first-order valence-corrected chi connectivity index (χ1v) is 8.88. The molecule has 1 aliphatic heterocycles. The fourth-order valence-corrected chi connectivity index (χ4v) is 4.14. The van der Waals surface area contributed by atoms with Gasteiger partial charge in [0, 0.05) is 16.9 Å². The molecule has 1 unspecified atom stereocenters. The number of amides is 1. The molecule has 1 aromatic carbocycles. The van der Waals surface area contributed by atoms with Gasteiger partial charge in [0.1, 0.15) is 12.2 Å². The van der Waals surface area contributed by atoms with Gasteiger partial charge < -0.3 is 5.32 Å². The van der Waals surface area contributed by atoms with Gasteiger partial charge in [-0.1, -0.05) is 30.5 Å². The van der Waals surface area contributed by atoms with E-state index in [-0.39, 0.29) is 5.91 Å². The van der Waals surface area contributed by atoms with Gasteiger partial charge in [0.15, 0.2) is 5.65 Å². The van der Waals surface area contributed by atoms with Gasteiger partial charge >= 0.3 is 0 Å². The summed E-state index contributed by atoms with van der Waals surface area (Å²) in [5, 5.41) is 8.98. The Morgan fingerprint density at radius 1 is 1.20 bits per heavy atom. The van der Waals surface area contributed by atoms with E-state index in [1.165, 1.54) is 19.2 Å². The molecule has 1 saturated carbocycles. The predicted octanol–water partition coefficient (Wildman–Crippen LogP) is 3.68. The molecule has 3 aromatic rings. The maximum absolute atomic E-state index is 12.6. The van der Waals surface area contributed by atoms with Gasteiger partial charge in [-0.05, 0) is 30.5 Å². The van der Waals surface area contributed by atoms with Crippen LogP contribution in [0, 0.1) is 0 Å². The van der Waals surface area contributed by atoms with Gasteiger partial charge in [0.05, 0.1) is 17.1 Å². The second-order valence-electron chi connectivity index (χ2n) is 6.70. The molecule has 3 heterocycles. The average molecular weight is 354 g/mol. The Bertz CT molecular complexity index is 992. The zero-order valence-corrected chi connectivity index (χ0v) is 14.2. The highest BCUT2D eigenvalue weighted by Crippen LogP contribution is 2.40. The molecule has 0 saturated heterocycles. The van der Waals surface area contributed by atoms with Crippen LogP contribution in [0.25, 0.3) is 11.0 Å². The molecule has 0 radical (unpaired) electrons. The van der Waals surface area contributed by atoms with E-state index >= 15 is 0 Å². The number of fused-ring (bicyclic) bond motifs is 2. The Hall–Kier alpha value is -2.47. The second kappa shape index (κ2) is 5.52. The van der Waals surface area contributed by atoms with E-state index in [0.717, 1.165) is 29.5 Å². The Morgan fingerprint density at radius 3 is 2.88 bits per heavy atom. The van der Waals surface area contributed by atoms with Gasteiger partial charge in [0.25, 0.3) is 0 Å². The fourth-order valence-electron chi connectivity index (χ4n) is 3.97. The van der Waals surface area contributed by atoms with E-state index in [2.05, 4.69) is 20.4 Å². The number of benzene rings is 1. The number of nitrogens with one attached hydrogen (secondary N) is 1. The molecule has 25 heavy (non-hydrogen) atoms. The molecular weight excluding hydrogens is 338 g/mol. The van der Waals surface area contributed by atoms with Gasteiger partial charge in [-0.3, -0.25) is 9.48 Å². The number of nitrogens with zero attached hydrogens (tertiary/aromatic N) is 4. The Balaban J connectivity index is 1.65. The van der Waals surface area contributed by atoms with Crippen molar-refractivity contribution < 1.29 is 4.79 Å². The van der Waals surface area contributed by atoms with Gasteiger partial charge in [-0.25, -0.2) is 9.97 Å². The highest BCUT2D eigenvalue weighted by Gasteiger charge is 2.35. The Labute approximate surface area is 149 Å². The Kier molecular flexibility index (Phi) is 3.28. The zero-order chi connectivity index (χ0) is 17.0. The highest BCUT2D eigenvalue weighted by molar-refractivity contribution is 6.31. The lowest BCUT2D eigenvalue weighted by Crippen LogP contribution is -2.14. The summed E-state index contributed by atoms with van der Waals surface area (Å²) in [5.41, 5.74) is 2.99. The molecule has 7 heteroatoms. The van der Waals surface area contributed by atoms with Crippen molar-refractivity contribution in [3.63, 3.8) is 0 Å². The van der Waals surface area contributed by atoms with Gasteiger partial charge in [0.2, 0.25) is 5.91 Å². The molecule has 1 fully saturated rings.